The molecular weight excluding hydrogens is 244 g/mol. The predicted molar refractivity (Wildman–Crippen MR) is 57.8 cm³/mol. The molecule has 0 bridgehead atoms. The molecule has 8 nitrogen and oxygen atoms in total. The molecule has 8 heteroatoms. The maximum atomic E-state index is 10.4. The van der Waals surface area contributed by atoms with Crippen LogP contribution in [-0.4, -0.2) is 69.0 Å². The highest BCUT2D eigenvalue weighted by Crippen LogP contribution is 1.88. The maximum Gasteiger partial charge on any atom is 0.106 e. The Morgan fingerprint density at radius 3 is 1.67 bits per heavy atom. The van der Waals surface area contributed by atoms with Crippen molar-refractivity contribution >= 4 is 19.5 Å². The fourth-order valence-electron chi connectivity index (χ4n) is 0.981. The maximum absolute atomic E-state index is 10.4. The lowest BCUT2D eigenvalue weighted by atomic mass is 10.4. The van der Waals surface area contributed by atoms with E-state index in [9.17, 15) is 20.1 Å². The number of hydrogen-bond donors (Lipinski definition) is 0. The molecule has 0 amide bonds. The van der Waals surface area contributed by atoms with Crippen molar-refractivity contribution in [3.63, 3.8) is 0 Å². The summed E-state index contributed by atoms with van der Waals surface area (Å²) in [5.41, 5.74) is 0. The van der Waals surface area contributed by atoms with Gasteiger partial charge in [0, 0.05) is 19.6 Å². The molecule has 0 rings (SSSR count). The number of aliphatic carboxylic acids is 1. The highest BCUT2D eigenvalue weighted by molar-refractivity contribution is 5.66. The van der Waals surface area contributed by atoms with Crippen LogP contribution in [0.15, 0.2) is 0 Å². The Labute approximate surface area is 106 Å². The van der Waals surface area contributed by atoms with E-state index >= 15 is 0 Å². The van der Waals surface area contributed by atoms with Gasteiger partial charge < -0.3 is 34.6 Å². The molecule has 0 fully saturated rings. The fraction of sp³-hybridized carbons (Fsp3) is 0.700. The van der Waals surface area contributed by atoms with Crippen molar-refractivity contribution in [1.82, 2.24) is 9.80 Å². The van der Waals surface area contributed by atoms with Crippen LogP contribution in [0.25, 0.3) is 0 Å². The third-order valence-electron chi connectivity index (χ3n) is 1.90. The molecule has 0 aromatic rings. The first-order valence-corrected chi connectivity index (χ1v) is 5.02. The number of carbonyl (C=O) groups is 3. The molecule has 0 aromatic carbocycles. The van der Waals surface area contributed by atoms with Gasteiger partial charge >= 0.3 is 0 Å². The van der Waals surface area contributed by atoms with Crippen LogP contribution in [-0.2, 0) is 14.4 Å². The second kappa shape index (κ2) is 18.0. The summed E-state index contributed by atoms with van der Waals surface area (Å²) in [6, 6.07) is 0. The Balaban J connectivity index is -0.000000506. The zero-order valence-electron chi connectivity index (χ0n) is 10.5. The van der Waals surface area contributed by atoms with Crippen LogP contribution in [0.4, 0.5) is 0 Å². The van der Waals surface area contributed by atoms with E-state index in [0.717, 1.165) is 4.90 Å². The van der Waals surface area contributed by atoms with Crippen LogP contribution >= 0.6 is 0 Å². The smallest absolute Gasteiger partial charge is 0.106 e. The first-order chi connectivity index (χ1) is 8.63. The first kappa shape index (κ1) is 21.9. The molecule has 0 aromatic heterocycles. The van der Waals surface area contributed by atoms with Crippen molar-refractivity contribution in [3.8, 4) is 0 Å². The van der Waals surface area contributed by atoms with Crippen molar-refractivity contribution in [2.75, 3.05) is 39.6 Å². The Morgan fingerprint density at radius 1 is 1.00 bits per heavy atom. The van der Waals surface area contributed by atoms with Crippen LogP contribution < -0.4 is 15.3 Å². The van der Waals surface area contributed by atoms with Crippen LogP contribution in [0.2, 0.25) is 0 Å². The number of hydrogen-bond acceptors (Lipinski definition) is 8. The first-order valence-electron chi connectivity index (χ1n) is 5.02. The van der Waals surface area contributed by atoms with E-state index in [0.29, 0.717) is 19.6 Å². The fourth-order valence-corrected chi connectivity index (χ4v) is 0.981. The Hall–Kier alpha value is -1.35. The zero-order valence-corrected chi connectivity index (χ0v) is 10.5. The summed E-state index contributed by atoms with van der Waals surface area (Å²) in [5.74, 6) is -1.15. The van der Waals surface area contributed by atoms with Gasteiger partial charge in [-0.1, -0.05) is 20.4 Å². The van der Waals surface area contributed by atoms with Gasteiger partial charge in [0.05, 0.1) is 5.97 Å². The average Bonchev–Trinajstić information content (AvgIpc) is 2.42. The van der Waals surface area contributed by atoms with Crippen LogP contribution in [0.5, 0.6) is 0 Å². The molecule has 0 aliphatic carbocycles. The molecule has 0 spiro atoms. The summed E-state index contributed by atoms with van der Waals surface area (Å²) < 4.78 is 0. The predicted octanol–water partition coefficient (Wildman–Crippen LogP) is -4.37. The van der Waals surface area contributed by atoms with E-state index in [4.69, 9.17) is 9.59 Å². The van der Waals surface area contributed by atoms with E-state index in [2.05, 4.69) is 0 Å². The Bertz CT molecular complexity index is 187. The minimum absolute atomic E-state index is 0.165. The van der Waals surface area contributed by atoms with Gasteiger partial charge in [0.15, 0.2) is 0 Å². The average molecular weight is 263 g/mol. The lowest BCUT2D eigenvalue weighted by molar-refractivity contribution is -0.457. The summed E-state index contributed by atoms with van der Waals surface area (Å²) >= 11 is 0. The van der Waals surface area contributed by atoms with E-state index in [1.165, 1.54) is 0 Å². The SMILES string of the molecule is C=O.C=O.CCN(CCN(C[O-])C[O-])CC(=O)[O-]. The topological polar surface area (TPSA) is 127 Å². The lowest BCUT2D eigenvalue weighted by Crippen LogP contribution is -2.45. The standard InChI is InChI=1S/C8H16N2O4.2CH2O/c1-2-9(5-8(13)14)3-4-10(6-11)7-12;2*1-2/h2-7H2,1H3,(H,13,14);2*1H2/q-2;;/p-1. The molecule has 0 saturated heterocycles. The third-order valence-corrected chi connectivity index (χ3v) is 1.90. The van der Waals surface area contributed by atoms with Gasteiger partial charge in [0.2, 0.25) is 0 Å². The van der Waals surface area contributed by atoms with E-state index < -0.39 is 19.4 Å². The van der Waals surface area contributed by atoms with Crippen molar-refractivity contribution in [2.24, 2.45) is 0 Å². The Morgan fingerprint density at radius 2 is 1.39 bits per heavy atom. The van der Waals surface area contributed by atoms with E-state index in [1.807, 2.05) is 20.5 Å². The largest absolute Gasteiger partial charge is 0.843 e. The second-order valence-corrected chi connectivity index (χ2v) is 2.89. The number of likely N-dealkylation sites (N-methyl/N-ethyl adjacent to an activating group) is 1. The molecule has 18 heavy (non-hydrogen) atoms. The molecule has 108 valence electrons. The quantitative estimate of drug-likeness (QED) is 0.402. The molecule has 0 unspecified atom stereocenters. The van der Waals surface area contributed by atoms with Crippen molar-refractivity contribution in [2.45, 2.75) is 6.92 Å². The van der Waals surface area contributed by atoms with Gasteiger partial charge in [-0.05, 0) is 6.54 Å². The summed E-state index contributed by atoms with van der Waals surface area (Å²) in [5, 5.41) is 31.0. The van der Waals surface area contributed by atoms with Gasteiger partial charge in [0.1, 0.15) is 13.6 Å². The van der Waals surface area contributed by atoms with Gasteiger partial charge in [-0.25, -0.2) is 0 Å². The van der Waals surface area contributed by atoms with Crippen molar-refractivity contribution in [3.05, 3.63) is 0 Å². The lowest BCUT2D eigenvalue weighted by Gasteiger charge is -2.31. The highest BCUT2D eigenvalue weighted by atomic mass is 16.4. The van der Waals surface area contributed by atoms with Gasteiger partial charge in [0.25, 0.3) is 0 Å². The number of rotatable bonds is 8. The molecule has 0 aliphatic rings. The summed E-state index contributed by atoms with van der Waals surface area (Å²) in [4.78, 5) is 29.0. The minimum atomic E-state index is -1.15. The molecule has 0 N–H and O–H groups in total. The molecular formula is C10H19N2O6-3. The van der Waals surface area contributed by atoms with Gasteiger partial charge in [-0.2, -0.15) is 0 Å². The van der Waals surface area contributed by atoms with Crippen molar-refractivity contribution in [1.29, 1.82) is 0 Å². The van der Waals surface area contributed by atoms with Crippen LogP contribution in [0.3, 0.4) is 0 Å². The summed E-state index contributed by atoms with van der Waals surface area (Å²) in [6.07, 6.45) is 0. The van der Waals surface area contributed by atoms with Gasteiger partial charge in [-0.15, -0.1) is 0 Å². The number of carboxylic acids is 1. The number of nitrogens with zero attached hydrogens (tertiary/aromatic N) is 2. The molecule has 0 aliphatic heterocycles. The van der Waals surface area contributed by atoms with E-state index in [1.54, 1.807) is 4.90 Å². The molecule has 0 atom stereocenters. The molecule has 0 radical (unpaired) electrons. The molecule has 0 saturated carbocycles. The minimum Gasteiger partial charge on any atom is -0.843 e. The Kier molecular flexibility index (Phi) is 21.9. The zero-order chi connectivity index (χ0) is 15.0. The summed E-state index contributed by atoms with van der Waals surface area (Å²) in [6.45, 7) is 5.80. The highest BCUT2D eigenvalue weighted by Gasteiger charge is 2.02. The summed E-state index contributed by atoms with van der Waals surface area (Å²) in [7, 11) is 0. The second-order valence-electron chi connectivity index (χ2n) is 2.89. The van der Waals surface area contributed by atoms with Crippen LogP contribution in [0, 0.1) is 0 Å². The normalized spacial score (nSPS) is 9.17. The van der Waals surface area contributed by atoms with Gasteiger partial charge in [-0.3, -0.25) is 4.90 Å². The van der Waals surface area contributed by atoms with Crippen LogP contribution in [0.1, 0.15) is 6.92 Å². The number of carboxylic acid groups (broad SMARTS) is 1. The van der Waals surface area contributed by atoms with Crippen molar-refractivity contribution < 1.29 is 29.7 Å². The van der Waals surface area contributed by atoms with E-state index in [-0.39, 0.29) is 6.54 Å². The number of carbonyl (C=O) groups excluding carboxylic acids is 3. The third kappa shape index (κ3) is 14.6. The monoisotopic (exact) mass is 263 g/mol. The molecule has 0 heterocycles.